The molecule has 0 heterocycles. The van der Waals surface area contributed by atoms with Crippen molar-refractivity contribution in [1.82, 2.24) is 15.5 Å². The lowest BCUT2D eigenvalue weighted by Crippen LogP contribution is -2.45. The molecular formula is C19H31FN4. The molecule has 0 amide bonds. The molecule has 2 rings (SSSR count). The van der Waals surface area contributed by atoms with Gasteiger partial charge < -0.3 is 10.6 Å². The van der Waals surface area contributed by atoms with Crippen molar-refractivity contribution < 1.29 is 4.39 Å². The fraction of sp³-hybridized carbons (Fsp3) is 0.632. The third kappa shape index (κ3) is 4.69. The first-order valence-electron chi connectivity index (χ1n) is 8.96. The summed E-state index contributed by atoms with van der Waals surface area (Å²) in [7, 11) is 1.78. The first-order valence-corrected chi connectivity index (χ1v) is 8.96. The minimum atomic E-state index is -0.102. The Morgan fingerprint density at radius 3 is 2.54 bits per heavy atom. The minimum absolute atomic E-state index is 0.0731. The summed E-state index contributed by atoms with van der Waals surface area (Å²) in [5.41, 5.74) is 0.751. The van der Waals surface area contributed by atoms with Gasteiger partial charge in [0.15, 0.2) is 5.96 Å². The molecule has 0 spiro atoms. The van der Waals surface area contributed by atoms with E-state index in [-0.39, 0.29) is 11.2 Å². The molecule has 134 valence electrons. The lowest BCUT2D eigenvalue weighted by Gasteiger charge is -2.25. The van der Waals surface area contributed by atoms with E-state index < -0.39 is 0 Å². The molecule has 0 bridgehead atoms. The van der Waals surface area contributed by atoms with Gasteiger partial charge in [-0.25, -0.2) is 4.39 Å². The predicted octanol–water partition coefficient (Wildman–Crippen LogP) is 2.75. The SMILES string of the molecule is CCN(CCNC(=NC)NCC1(c2ccccc2F)CC1)C(C)C. The summed E-state index contributed by atoms with van der Waals surface area (Å²) < 4.78 is 14.1. The lowest BCUT2D eigenvalue weighted by atomic mass is 9.95. The highest BCUT2D eigenvalue weighted by Crippen LogP contribution is 2.48. The monoisotopic (exact) mass is 334 g/mol. The quantitative estimate of drug-likeness (QED) is 0.567. The second kappa shape index (κ2) is 8.47. The zero-order valence-electron chi connectivity index (χ0n) is 15.4. The Hall–Kier alpha value is -1.62. The van der Waals surface area contributed by atoms with Gasteiger partial charge in [0.2, 0.25) is 0 Å². The fourth-order valence-electron chi connectivity index (χ4n) is 3.16. The van der Waals surface area contributed by atoms with E-state index in [1.807, 2.05) is 12.1 Å². The van der Waals surface area contributed by atoms with E-state index in [0.29, 0.717) is 6.04 Å². The van der Waals surface area contributed by atoms with Gasteiger partial charge in [-0.15, -0.1) is 0 Å². The van der Waals surface area contributed by atoms with Crippen LogP contribution in [0.2, 0.25) is 0 Å². The topological polar surface area (TPSA) is 39.7 Å². The van der Waals surface area contributed by atoms with Crippen LogP contribution in [0.4, 0.5) is 4.39 Å². The molecule has 1 aliphatic carbocycles. The van der Waals surface area contributed by atoms with Gasteiger partial charge in [-0.3, -0.25) is 9.89 Å². The highest BCUT2D eigenvalue weighted by molar-refractivity contribution is 5.79. The molecule has 0 radical (unpaired) electrons. The molecule has 4 nitrogen and oxygen atoms in total. The standard InChI is InChI=1S/C19H31FN4/c1-5-24(15(2)3)13-12-22-18(21-4)23-14-19(10-11-19)16-8-6-7-9-17(16)20/h6-9,15H,5,10-14H2,1-4H3,(H2,21,22,23). The first kappa shape index (κ1) is 18.7. The van der Waals surface area contributed by atoms with Crippen LogP contribution in [0.15, 0.2) is 29.3 Å². The predicted molar refractivity (Wildman–Crippen MR) is 99.1 cm³/mol. The number of nitrogens with one attached hydrogen (secondary N) is 2. The number of halogens is 1. The van der Waals surface area contributed by atoms with Crippen LogP contribution in [-0.2, 0) is 5.41 Å². The van der Waals surface area contributed by atoms with Crippen LogP contribution < -0.4 is 10.6 Å². The second-order valence-corrected chi connectivity index (χ2v) is 6.84. The Balaban J connectivity index is 1.83. The van der Waals surface area contributed by atoms with Crippen molar-refractivity contribution >= 4 is 5.96 Å². The number of guanidine groups is 1. The average molecular weight is 334 g/mol. The summed E-state index contributed by atoms with van der Waals surface area (Å²) in [6, 6.07) is 7.66. The van der Waals surface area contributed by atoms with E-state index in [9.17, 15) is 4.39 Å². The van der Waals surface area contributed by atoms with Crippen LogP contribution in [0.3, 0.4) is 0 Å². The van der Waals surface area contributed by atoms with Crippen molar-refractivity contribution in [3.05, 3.63) is 35.6 Å². The average Bonchev–Trinajstić information content (AvgIpc) is 3.35. The number of nitrogens with zero attached hydrogens (tertiary/aromatic N) is 2. The molecular weight excluding hydrogens is 303 g/mol. The molecule has 1 aliphatic rings. The van der Waals surface area contributed by atoms with Gasteiger partial charge in [-0.2, -0.15) is 0 Å². The van der Waals surface area contributed by atoms with E-state index in [2.05, 4.69) is 41.3 Å². The largest absolute Gasteiger partial charge is 0.356 e. The smallest absolute Gasteiger partial charge is 0.191 e. The maximum atomic E-state index is 14.1. The number of hydrogen-bond donors (Lipinski definition) is 2. The Kier molecular flexibility index (Phi) is 6.60. The number of benzene rings is 1. The van der Waals surface area contributed by atoms with Crippen LogP contribution in [0.25, 0.3) is 0 Å². The Bertz CT molecular complexity index is 552. The van der Waals surface area contributed by atoms with Crippen LogP contribution in [0.1, 0.15) is 39.2 Å². The van der Waals surface area contributed by atoms with Crippen LogP contribution in [0.5, 0.6) is 0 Å². The van der Waals surface area contributed by atoms with Gasteiger partial charge in [0.05, 0.1) is 0 Å². The molecule has 0 saturated heterocycles. The number of aliphatic imine (C=N–C) groups is 1. The van der Waals surface area contributed by atoms with Gasteiger partial charge in [0, 0.05) is 38.1 Å². The molecule has 1 aromatic rings. The summed E-state index contributed by atoms with van der Waals surface area (Å²) in [6.45, 7) is 10.2. The van der Waals surface area contributed by atoms with E-state index in [1.165, 1.54) is 0 Å². The summed E-state index contributed by atoms with van der Waals surface area (Å²) in [6.07, 6.45) is 2.05. The molecule has 2 N–H and O–H groups in total. The van der Waals surface area contributed by atoms with E-state index in [0.717, 1.165) is 50.5 Å². The van der Waals surface area contributed by atoms with Crippen molar-refractivity contribution in [3.8, 4) is 0 Å². The molecule has 0 unspecified atom stereocenters. The summed E-state index contributed by atoms with van der Waals surface area (Å²) in [5, 5.41) is 6.73. The van der Waals surface area contributed by atoms with Gasteiger partial charge >= 0.3 is 0 Å². The van der Waals surface area contributed by atoms with Crippen LogP contribution >= 0.6 is 0 Å². The first-order chi connectivity index (χ1) is 11.5. The summed E-state index contributed by atoms with van der Waals surface area (Å²) in [4.78, 5) is 6.69. The van der Waals surface area contributed by atoms with Gasteiger partial charge in [-0.1, -0.05) is 25.1 Å². The third-order valence-electron chi connectivity index (χ3n) is 4.94. The van der Waals surface area contributed by atoms with Crippen molar-refractivity contribution in [2.75, 3.05) is 33.2 Å². The van der Waals surface area contributed by atoms with E-state index in [4.69, 9.17) is 0 Å². The van der Waals surface area contributed by atoms with Crippen LogP contribution in [-0.4, -0.2) is 50.1 Å². The van der Waals surface area contributed by atoms with Crippen molar-refractivity contribution in [1.29, 1.82) is 0 Å². The van der Waals surface area contributed by atoms with E-state index >= 15 is 0 Å². The van der Waals surface area contributed by atoms with Gasteiger partial charge in [0.1, 0.15) is 5.82 Å². The highest BCUT2D eigenvalue weighted by atomic mass is 19.1. The third-order valence-corrected chi connectivity index (χ3v) is 4.94. The van der Waals surface area contributed by atoms with Crippen molar-refractivity contribution in [3.63, 3.8) is 0 Å². The minimum Gasteiger partial charge on any atom is -0.356 e. The maximum Gasteiger partial charge on any atom is 0.191 e. The molecule has 0 aromatic heterocycles. The lowest BCUT2D eigenvalue weighted by molar-refractivity contribution is 0.237. The van der Waals surface area contributed by atoms with Crippen molar-refractivity contribution in [2.24, 2.45) is 4.99 Å². The molecule has 0 atom stereocenters. The zero-order valence-corrected chi connectivity index (χ0v) is 15.4. The van der Waals surface area contributed by atoms with Gasteiger partial charge in [-0.05, 0) is 44.9 Å². The molecule has 1 aromatic carbocycles. The Morgan fingerprint density at radius 2 is 2.00 bits per heavy atom. The fourth-order valence-corrected chi connectivity index (χ4v) is 3.16. The molecule has 1 saturated carbocycles. The molecule has 0 aliphatic heterocycles. The summed E-state index contributed by atoms with van der Waals surface area (Å²) >= 11 is 0. The maximum absolute atomic E-state index is 14.1. The molecule has 1 fully saturated rings. The number of likely N-dealkylation sites (N-methyl/N-ethyl adjacent to an activating group) is 1. The molecule has 5 heteroatoms. The second-order valence-electron chi connectivity index (χ2n) is 6.84. The molecule has 24 heavy (non-hydrogen) atoms. The van der Waals surface area contributed by atoms with Crippen LogP contribution in [0, 0.1) is 5.82 Å². The Labute approximate surface area is 145 Å². The van der Waals surface area contributed by atoms with E-state index in [1.54, 1.807) is 19.2 Å². The number of hydrogen-bond acceptors (Lipinski definition) is 2. The Morgan fingerprint density at radius 1 is 1.29 bits per heavy atom. The van der Waals surface area contributed by atoms with Gasteiger partial charge in [0.25, 0.3) is 0 Å². The summed E-state index contributed by atoms with van der Waals surface area (Å²) in [5.74, 6) is 0.688. The zero-order chi connectivity index (χ0) is 17.6. The normalized spacial score (nSPS) is 16.5. The van der Waals surface area contributed by atoms with Crippen molar-refractivity contribution in [2.45, 2.75) is 45.1 Å². The highest BCUT2D eigenvalue weighted by Gasteiger charge is 2.45. The number of rotatable bonds is 8.